The molecule has 1 N–H and O–H groups in total. The van der Waals surface area contributed by atoms with E-state index in [1.165, 1.54) is 0 Å². The molecule has 3 rings (SSSR count). The molecule has 0 saturated carbocycles. The van der Waals surface area contributed by atoms with Crippen LogP contribution in [0.1, 0.15) is 40.8 Å². The van der Waals surface area contributed by atoms with Gasteiger partial charge in [-0.3, -0.25) is 14.9 Å². The number of carbonyl (C=O) groups excluding carboxylic acids is 2. The number of carbonyl (C=O) groups is 2. The van der Waals surface area contributed by atoms with E-state index in [-0.39, 0.29) is 5.69 Å². The molecule has 36 heavy (non-hydrogen) atoms. The Morgan fingerprint density at radius 2 is 2.06 bits per heavy atom. The summed E-state index contributed by atoms with van der Waals surface area (Å²) in [6.07, 6.45) is 5.05. The van der Waals surface area contributed by atoms with Gasteiger partial charge in [-0.05, 0) is 51.1 Å². The fourth-order valence-corrected chi connectivity index (χ4v) is 4.41. The fraction of sp³-hybridized carbons (Fsp3) is 0.250. The van der Waals surface area contributed by atoms with E-state index >= 15 is 0 Å². The summed E-state index contributed by atoms with van der Waals surface area (Å²) in [7, 11) is 0. The van der Waals surface area contributed by atoms with Crippen LogP contribution in [0.2, 0.25) is 0 Å². The van der Waals surface area contributed by atoms with Crippen molar-refractivity contribution in [1.82, 2.24) is 0 Å². The van der Waals surface area contributed by atoms with Gasteiger partial charge >= 0.3 is 16.9 Å². The van der Waals surface area contributed by atoms with Crippen molar-refractivity contribution in [3.8, 4) is 5.75 Å². The number of rotatable bonds is 8. The predicted octanol–water partition coefficient (Wildman–Crippen LogP) is 5.72. The molecule has 2 heterocycles. The summed E-state index contributed by atoms with van der Waals surface area (Å²) in [4.78, 5) is 48.7. The number of anilines is 3. The van der Waals surface area contributed by atoms with Crippen LogP contribution in [0.5, 0.6) is 5.75 Å². The van der Waals surface area contributed by atoms with Crippen molar-refractivity contribution < 1.29 is 24.0 Å². The van der Waals surface area contributed by atoms with Gasteiger partial charge in [-0.15, -0.1) is 4.91 Å². The van der Waals surface area contributed by atoms with Gasteiger partial charge in [-0.2, -0.15) is 0 Å². The molecule has 1 aliphatic rings. The highest BCUT2D eigenvalue weighted by Crippen LogP contribution is 2.44. The molecule has 0 radical (unpaired) electrons. The van der Waals surface area contributed by atoms with Crippen LogP contribution in [0.15, 0.2) is 60.5 Å². The van der Waals surface area contributed by atoms with E-state index in [4.69, 9.17) is 9.47 Å². The Kier molecular flexibility index (Phi) is 7.68. The molecule has 0 bridgehead atoms. The van der Waals surface area contributed by atoms with Crippen LogP contribution in [0.3, 0.4) is 0 Å². The summed E-state index contributed by atoms with van der Waals surface area (Å²) in [6.45, 7) is 13.3. The number of nitrogens with zero attached hydrogens (tertiary/aromatic N) is 3. The van der Waals surface area contributed by atoms with Crippen molar-refractivity contribution >= 4 is 45.3 Å². The first-order valence-corrected chi connectivity index (χ1v) is 11.5. The molecule has 0 unspecified atom stereocenters. The minimum atomic E-state index is -1.31. The number of allylic oxidation sites excluding steroid dienone is 3. The highest BCUT2D eigenvalue weighted by atomic mass is 32.1. The zero-order valence-corrected chi connectivity index (χ0v) is 20.7. The number of ether oxygens (including phenoxy) is 2. The number of nitroso groups, excluding NO2 is 1. The number of nitro groups is 1. The molecule has 11 nitrogen and oxygen atoms in total. The molecule has 0 aliphatic carbocycles. The van der Waals surface area contributed by atoms with Crippen molar-refractivity contribution in [2.24, 2.45) is 5.18 Å². The summed E-state index contributed by atoms with van der Waals surface area (Å²) in [5, 5.41) is 16.5. The number of hydrogen-bond donors (Lipinski definition) is 1. The van der Waals surface area contributed by atoms with Crippen molar-refractivity contribution in [1.29, 1.82) is 0 Å². The van der Waals surface area contributed by atoms with Gasteiger partial charge in [0, 0.05) is 16.6 Å². The van der Waals surface area contributed by atoms with E-state index in [1.807, 2.05) is 4.90 Å². The number of nitrogens with one attached hydrogen (secondary N) is 1. The smallest absolute Gasteiger partial charge is 0.349 e. The molecule has 188 valence electrons. The molecule has 1 amide bonds. The number of thiophene rings is 1. The molecular formula is C24H24N4O7S. The van der Waals surface area contributed by atoms with Gasteiger partial charge in [0.2, 0.25) is 0 Å². The molecule has 1 aromatic carbocycles. The summed E-state index contributed by atoms with van der Waals surface area (Å²) in [5.74, 6) is -1.75. The minimum Gasteiger partial charge on any atom is -0.490 e. The Bertz CT molecular complexity index is 1290. The molecule has 12 heteroatoms. The van der Waals surface area contributed by atoms with Gasteiger partial charge in [0.15, 0.2) is 0 Å². The van der Waals surface area contributed by atoms with Crippen LogP contribution < -0.4 is 15.0 Å². The number of amides is 1. The van der Waals surface area contributed by atoms with Crippen LogP contribution in [-0.4, -0.2) is 35.6 Å². The first-order chi connectivity index (χ1) is 17.0. The van der Waals surface area contributed by atoms with Crippen molar-refractivity contribution in [3.05, 3.63) is 80.7 Å². The second kappa shape index (κ2) is 10.5. The molecule has 0 fully saturated rings. The first-order valence-electron chi connectivity index (χ1n) is 10.7. The van der Waals surface area contributed by atoms with Crippen LogP contribution in [0, 0.1) is 15.0 Å². The van der Waals surface area contributed by atoms with Crippen LogP contribution in [-0.2, 0) is 4.74 Å². The maximum Gasteiger partial charge on any atom is 0.349 e. The van der Waals surface area contributed by atoms with E-state index < -0.39 is 37.8 Å². The molecule has 1 aliphatic heterocycles. The second-order valence-corrected chi connectivity index (χ2v) is 9.48. The lowest BCUT2D eigenvalue weighted by Gasteiger charge is -2.32. The van der Waals surface area contributed by atoms with Gasteiger partial charge in [0.05, 0.1) is 17.2 Å². The van der Waals surface area contributed by atoms with Crippen LogP contribution in [0.25, 0.3) is 0 Å². The number of hydrogen-bond acceptors (Lipinski definition) is 10. The highest BCUT2D eigenvalue weighted by Gasteiger charge is 2.36. The fourth-order valence-electron chi connectivity index (χ4n) is 3.48. The third-order valence-electron chi connectivity index (χ3n) is 4.84. The topological polar surface area (TPSA) is 140 Å². The zero-order chi connectivity index (χ0) is 26.6. The van der Waals surface area contributed by atoms with Gasteiger partial charge in [0.1, 0.15) is 34.1 Å². The third kappa shape index (κ3) is 5.49. The number of fused-ring (bicyclic) bond motifs is 1. The van der Waals surface area contributed by atoms with E-state index in [2.05, 4.69) is 23.7 Å². The number of esters is 1. The van der Waals surface area contributed by atoms with Gasteiger partial charge < -0.3 is 19.7 Å². The minimum absolute atomic E-state index is 0.278. The lowest BCUT2D eigenvalue weighted by molar-refractivity contribution is -0.379. The predicted molar refractivity (Wildman–Crippen MR) is 137 cm³/mol. The van der Waals surface area contributed by atoms with E-state index in [0.29, 0.717) is 41.6 Å². The van der Waals surface area contributed by atoms with E-state index in [9.17, 15) is 24.6 Å². The quantitative estimate of drug-likeness (QED) is 0.155. The van der Waals surface area contributed by atoms with Crippen molar-refractivity contribution in [2.45, 2.75) is 26.4 Å². The van der Waals surface area contributed by atoms with Gasteiger partial charge in [0.25, 0.3) is 0 Å². The summed E-state index contributed by atoms with van der Waals surface area (Å²) < 4.78 is 11.1. The summed E-state index contributed by atoms with van der Waals surface area (Å²) in [6, 6.07) is 4.95. The highest BCUT2D eigenvalue weighted by molar-refractivity contribution is 7.18. The second-order valence-electron chi connectivity index (χ2n) is 8.48. The molecule has 0 spiro atoms. The van der Waals surface area contributed by atoms with Crippen LogP contribution in [0.4, 0.5) is 22.1 Å². The third-order valence-corrected chi connectivity index (χ3v) is 5.97. The van der Waals surface area contributed by atoms with Crippen molar-refractivity contribution in [3.63, 3.8) is 0 Å². The Hall–Kier alpha value is -4.32. The normalized spacial score (nSPS) is 13.2. The zero-order valence-electron chi connectivity index (χ0n) is 19.9. The molecular weight excluding hydrogens is 488 g/mol. The summed E-state index contributed by atoms with van der Waals surface area (Å²) in [5.41, 5.74) is 0.0715. The number of benzene rings is 1. The largest absolute Gasteiger partial charge is 0.490 e. The molecule has 2 aromatic rings. The first kappa shape index (κ1) is 26.3. The SMILES string of the molecule is C=C/C=C(\C=C)N1CCOc2ccc(Nc3c([N+](=O)[O-])sc(C(=O)N=O)c3C(=O)OC(C)(C)C)cc21. The Balaban J connectivity index is 2.16. The Labute approximate surface area is 210 Å². The standard InChI is InChI=1S/C24H24N4O7S/c1-6-8-15(7-2)27-11-12-34-17-10-9-14(13-16(17)27)25-19-18(23(30)35-24(3,4)5)20(21(29)26-31)36-22(19)28(32)33/h6-10,13,25H,1-2,11-12H2,3-5H3/b15-8+. The Morgan fingerprint density at radius 3 is 2.64 bits per heavy atom. The van der Waals surface area contributed by atoms with E-state index in [1.54, 1.807) is 57.2 Å². The molecule has 0 saturated heterocycles. The molecule has 0 atom stereocenters. The lowest BCUT2D eigenvalue weighted by Crippen LogP contribution is -2.31. The average Bonchev–Trinajstić information content (AvgIpc) is 3.20. The van der Waals surface area contributed by atoms with E-state index in [0.717, 1.165) is 5.70 Å². The average molecular weight is 513 g/mol. The summed E-state index contributed by atoms with van der Waals surface area (Å²) >= 11 is 0.371. The van der Waals surface area contributed by atoms with Crippen molar-refractivity contribution in [2.75, 3.05) is 23.4 Å². The maximum atomic E-state index is 13.0. The lowest BCUT2D eigenvalue weighted by atomic mass is 10.1. The Morgan fingerprint density at radius 1 is 1.33 bits per heavy atom. The van der Waals surface area contributed by atoms with Crippen LogP contribution >= 0.6 is 11.3 Å². The van der Waals surface area contributed by atoms with Gasteiger partial charge in [-0.1, -0.05) is 30.6 Å². The maximum absolute atomic E-state index is 13.0. The monoisotopic (exact) mass is 512 g/mol. The van der Waals surface area contributed by atoms with Gasteiger partial charge in [-0.25, -0.2) is 4.79 Å². The molecule has 1 aromatic heterocycles.